The van der Waals surface area contributed by atoms with Crippen molar-refractivity contribution in [3.05, 3.63) is 264 Å². The number of nitrogens with zero attached hydrogens (tertiary/aromatic N) is 2. The number of benzene rings is 12. The predicted molar refractivity (Wildman–Crippen MR) is 356 cm³/mol. The van der Waals surface area contributed by atoms with Crippen molar-refractivity contribution >= 4 is 66.4 Å². The molecule has 0 aromatic heterocycles. The summed E-state index contributed by atoms with van der Waals surface area (Å²) in [7, 11) is 0. The molecule has 12 aromatic rings. The fourth-order valence-electron chi connectivity index (χ4n) is 11.7. The predicted octanol–water partition coefficient (Wildman–Crippen LogP) is 23.7. The van der Waals surface area contributed by atoms with E-state index in [4.69, 9.17) is 8.22 Å². The molecule has 418 valence electrons. The highest BCUT2D eigenvalue weighted by Gasteiger charge is 2.30. The van der Waals surface area contributed by atoms with Crippen LogP contribution in [0.1, 0.15) is 119 Å². The van der Waals surface area contributed by atoms with Gasteiger partial charge in [-0.1, -0.05) is 265 Å². The first-order chi connectivity index (χ1) is 44.2. The lowest BCUT2D eigenvalue weighted by Gasteiger charge is -2.31. The quantitative estimate of drug-likeness (QED) is 0.126. The van der Waals surface area contributed by atoms with E-state index in [0.717, 1.165) is 33.4 Å². The summed E-state index contributed by atoms with van der Waals surface area (Å²) in [5, 5.41) is 3.59. The zero-order chi connectivity index (χ0) is 67.7. The van der Waals surface area contributed by atoms with Crippen molar-refractivity contribution in [1.29, 1.82) is 0 Å². The highest BCUT2D eigenvalue weighted by atomic mass is 19.1. The molecular weight excluding hydrogens is 1030 g/mol. The molecule has 12 rings (SSSR count). The van der Waals surface area contributed by atoms with Gasteiger partial charge in [0.25, 0.3) is 0 Å². The molecule has 0 saturated carbocycles. The molecular formula is C80H74F2N2. The molecule has 0 N–H and O–H groups in total. The van der Waals surface area contributed by atoms with Crippen molar-refractivity contribution in [2.45, 2.75) is 105 Å². The van der Waals surface area contributed by atoms with Gasteiger partial charge < -0.3 is 9.80 Å². The zero-order valence-electron chi connectivity index (χ0n) is 59.8. The first-order valence-electron chi connectivity index (χ1n) is 33.7. The van der Waals surface area contributed by atoms with Gasteiger partial charge in [0.05, 0.1) is 36.5 Å². The van der Waals surface area contributed by atoms with Gasteiger partial charge >= 0.3 is 0 Å². The van der Waals surface area contributed by atoms with E-state index in [0.29, 0.717) is 54.6 Å². The summed E-state index contributed by atoms with van der Waals surface area (Å²) in [6, 6.07) is 47.1. The average Bonchev–Trinajstić information content (AvgIpc) is 0.716. The molecule has 0 unspecified atom stereocenters. The second-order valence-electron chi connectivity index (χ2n) is 26.2. The zero-order valence-corrected chi connectivity index (χ0v) is 49.8. The second kappa shape index (κ2) is 21.1. The summed E-state index contributed by atoms with van der Waals surface area (Å²) in [6.07, 6.45) is 0. The molecule has 0 radical (unpaired) electrons. The van der Waals surface area contributed by atoms with Gasteiger partial charge in [-0.25, -0.2) is 8.78 Å². The van der Waals surface area contributed by atoms with Crippen LogP contribution in [0.4, 0.5) is 42.9 Å². The summed E-state index contributed by atoms with van der Waals surface area (Å²) in [5.41, 5.74) is 6.86. The highest BCUT2D eigenvalue weighted by Crippen LogP contribution is 2.52. The van der Waals surface area contributed by atoms with E-state index in [2.05, 4.69) is 95.2 Å². The van der Waals surface area contributed by atoms with Crippen molar-refractivity contribution in [3.8, 4) is 44.5 Å². The first kappa shape index (κ1) is 44.7. The van der Waals surface area contributed by atoms with E-state index in [9.17, 15) is 5.48 Å². The Labute approximate surface area is 510 Å². The van der Waals surface area contributed by atoms with Crippen LogP contribution in [-0.4, -0.2) is 0 Å². The lowest BCUT2D eigenvalue weighted by Crippen LogP contribution is -2.14. The molecule has 0 amide bonds. The SMILES string of the molecule is [2H]c1c([2H])c([2H])c(N(c2ccc(-c3cccc(C(C)(C)C)c3)c(-c3cccc(C(C)(C)C)c3)c2F)c2ccc3ccc4c(N(c5ccc(-c6cccc(C(C)(C)C)c6)c(-c6cccc(C(C)(C)C)c6)c5F)c5c([2H])c([2H])c([2H])c([2H])c5[2H])ccc5ccc2c3c54)c([2H])c1[2H]. The van der Waals surface area contributed by atoms with Crippen LogP contribution >= 0.6 is 0 Å². The van der Waals surface area contributed by atoms with Crippen molar-refractivity contribution in [2.24, 2.45) is 0 Å². The molecule has 12 aromatic carbocycles. The molecule has 0 aliphatic heterocycles. The van der Waals surface area contributed by atoms with Gasteiger partial charge in [-0.05, 0) is 147 Å². The van der Waals surface area contributed by atoms with Crippen LogP contribution in [0.25, 0.3) is 76.8 Å². The number of halogens is 2. The summed E-state index contributed by atoms with van der Waals surface area (Å²) < 4.78 is 131. The third kappa shape index (κ3) is 10.2. The number of hydrogen-bond acceptors (Lipinski definition) is 2. The van der Waals surface area contributed by atoms with E-state index in [1.165, 1.54) is 9.80 Å². The lowest BCUT2D eigenvalue weighted by atomic mass is 9.83. The Bertz CT molecular complexity index is 4690. The number of rotatable bonds is 10. The van der Waals surface area contributed by atoms with Crippen molar-refractivity contribution < 1.29 is 22.5 Å². The van der Waals surface area contributed by atoms with Gasteiger partial charge in [-0.3, -0.25) is 0 Å². The largest absolute Gasteiger partial charge is 0.307 e. The number of para-hydroxylation sites is 2. The molecule has 0 saturated heterocycles. The van der Waals surface area contributed by atoms with Gasteiger partial charge in [0, 0.05) is 33.3 Å². The topological polar surface area (TPSA) is 6.48 Å². The van der Waals surface area contributed by atoms with Crippen LogP contribution < -0.4 is 9.80 Å². The van der Waals surface area contributed by atoms with Gasteiger partial charge in [-0.15, -0.1) is 0 Å². The highest BCUT2D eigenvalue weighted by molar-refractivity contribution is 6.28. The summed E-state index contributed by atoms with van der Waals surface area (Å²) in [4.78, 5) is 2.86. The maximum Gasteiger partial charge on any atom is 0.155 e. The molecule has 0 fully saturated rings. The Hall–Kier alpha value is -8.86. The maximum atomic E-state index is 19.3. The third-order valence-electron chi connectivity index (χ3n) is 16.4. The molecule has 2 nitrogen and oxygen atoms in total. The van der Waals surface area contributed by atoms with Crippen molar-refractivity contribution in [2.75, 3.05) is 9.80 Å². The van der Waals surface area contributed by atoms with Crippen LogP contribution in [0.5, 0.6) is 0 Å². The van der Waals surface area contributed by atoms with Crippen LogP contribution in [0.3, 0.4) is 0 Å². The van der Waals surface area contributed by atoms with Gasteiger partial charge in [0.15, 0.2) is 11.6 Å². The van der Waals surface area contributed by atoms with Crippen LogP contribution in [0, 0.1) is 11.6 Å². The van der Waals surface area contributed by atoms with Gasteiger partial charge in [-0.2, -0.15) is 0 Å². The Morgan fingerprint density at radius 2 is 0.619 bits per heavy atom. The smallest absolute Gasteiger partial charge is 0.155 e. The Kier molecular flexibility index (Phi) is 11.2. The molecule has 4 heteroatoms. The van der Waals surface area contributed by atoms with E-state index in [-0.39, 0.29) is 66.9 Å². The molecule has 0 heterocycles. The summed E-state index contributed by atoms with van der Waals surface area (Å²) >= 11 is 0. The van der Waals surface area contributed by atoms with Crippen LogP contribution in [0.15, 0.2) is 230 Å². The first-order valence-corrected chi connectivity index (χ1v) is 28.7. The fourth-order valence-corrected chi connectivity index (χ4v) is 11.7. The van der Waals surface area contributed by atoms with Crippen LogP contribution in [0.2, 0.25) is 0 Å². The summed E-state index contributed by atoms with van der Waals surface area (Å²) in [5.74, 6) is -1.42. The van der Waals surface area contributed by atoms with Crippen LogP contribution in [-0.2, 0) is 21.7 Å². The van der Waals surface area contributed by atoms with Crippen molar-refractivity contribution in [3.63, 3.8) is 0 Å². The van der Waals surface area contributed by atoms with Crippen molar-refractivity contribution in [1.82, 2.24) is 0 Å². The third-order valence-corrected chi connectivity index (χ3v) is 16.4. The fraction of sp³-hybridized carbons (Fsp3) is 0.200. The summed E-state index contributed by atoms with van der Waals surface area (Å²) in [6.45, 7) is 25.2. The van der Waals surface area contributed by atoms with E-state index >= 15 is 8.78 Å². The Morgan fingerprint density at radius 3 is 0.952 bits per heavy atom. The minimum absolute atomic E-state index is 0.0959. The second-order valence-corrected chi connectivity index (χ2v) is 26.2. The molecule has 84 heavy (non-hydrogen) atoms. The average molecular weight is 1110 g/mol. The molecule has 0 bridgehead atoms. The van der Waals surface area contributed by atoms with Gasteiger partial charge in [0.1, 0.15) is 0 Å². The standard InChI is InChI=1S/C80H74F2N2/c1-77(2,3)57-27-19-23-53(47-57)63-41-45-69(75(81)73(63)55-25-21-29-59(49-55)79(7,8)9)83(61-31-15-13-16-32-61)67-43-37-51-36-40-66-68(44-38-52-35-39-65(67)71(51)72(52)66)84(62-33-17-14-18-34-62)70-46-42-64(54-24-20-28-58(48-54)78(4,5)6)74(76(70)82)56-26-22-30-60(50-56)80(10,11)12/h13-50H,1-12H3/i13D,14D,15D,16D,17D,18D,31D,32D,33D,34D. The normalized spacial score (nSPS) is 14.1. The van der Waals surface area contributed by atoms with E-state index < -0.39 is 72.1 Å². The van der Waals surface area contributed by atoms with E-state index in [1.807, 2.05) is 133 Å². The maximum absolute atomic E-state index is 19.3. The monoisotopic (exact) mass is 1110 g/mol. The Morgan fingerprint density at radius 1 is 0.321 bits per heavy atom. The van der Waals surface area contributed by atoms with Gasteiger partial charge in [0.2, 0.25) is 0 Å². The molecule has 0 aliphatic rings. The minimum atomic E-state index is -0.710. The van der Waals surface area contributed by atoms with E-state index in [1.54, 1.807) is 24.3 Å². The lowest BCUT2D eigenvalue weighted by molar-refractivity contribution is 0.590. The number of hydrogen-bond donors (Lipinski definition) is 0. The Balaban J connectivity index is 1.17. The molecule has 0 spiro atoms. The minimum Gasteiger partial charge on any atom is -0.307 e. The molecule has 0 atom stereocenters. The number of anilines is 6. The molecule has 0 aliphatic carbocycles.